The summed E-state index contributed by atoms with van der Waals surface area (Å²) in [6.07, 6.45) is 3.78. The molecule has 36 heavy (non-hydrogen) atoms. The summed E-state index contributed by atoms with van der Waals surface area (Å²) in [5.74, 6) is 0.506. The third-order valence-electron chi connectivity index (χ3n) is 5.09. The minimum absolute atomic E-state index is 0.0235. The Balaban J connectivity index is 0.000000202. The molecule has 0 aliphatic heterocycles. The molecule has 4 aromatic carbocycles. The number of aromatic hydroxyl groups is 5. The maximum Gasteiger partial charge on any atom is 0.170 e. The van der Waals surface area contributed by atoms with Crippen molar-refractivity contribution in [1.29, 1.82) is 0 Å². The van der Waals surface area contributed by atoms with Crippen LogP contribution < -0.4 is 4.74 Å². The molecule has 0 unspecified atom stereocenters. The lowest BCUT2D eigenvalue weighted by Crippen LogP contribution is -2.03. The van der Waals surface area contributed by atoms with Gasteiger partial charge in [-0.3, -0.25) is 4.79 Å². The molecule has 7 nitrogen and oxygen atoms in total. The van der Waals surface area contributed by atoms with Gasteiger partial charge in [0.2, 0.25) is 0 Å². The van der Waals surface area contributed by atoms with Crippen LogP contribution in [0.5, 0.6) is 34.5 Å². The van der Waals surface area contributed by atoms with Gasteiger partial charge in [-0.15, -0.1) is 0 Å². The number of phenolic OH excluding ortho intramolecular Hbond substituents is 5. The van der Waals surface area contributed by atoms with E-state index in [2.05, 4.69) is 0 Å². The smallest absolute Gasteiger partial charge is 0.170 e. The topological polar surface area (TPSA) is 127 Å². The van der Waals surface area contributed by atoms with Crippen molar-refractivity contribution in [2.45, 2.75) is 6.42 Å². The fourth-order valence-corrected chi connectivity index (χ4v) is 3.27. The van der Waals surface area contributed by atoms with E-state index >= 15 is 0 Å². The van der Waals surface area contributed by atoms with Crippen molar-refractivity contribution in [2.24, 2.45) is 0 Å². The van der Waals surface area contributed by atoms with Crippen LogP contribution in [0.1, 0.15) is 27.0 Å². The molecule has 0 spiro atoms. The van der Waals surface area contributed by atoms with Crippen LogP contribution in [0.4, 0.5) is 0 Å². The molecule has 0 radical (unpaired) electrons. The number of Topliss-reactive ketones (excluding diaryl/α,β-unsaturated/α-hetero) is 1. The molecule has 4 rings (SSSR count). The molecule has 7 heteroatoms. The molecule has 0 atom stereocenters. The van der Waals surface area contributed by atoms with Crippen molar-refractivity contribution in [3.63, 3.8) is 0 Å². The van der Waals surface area contributed by atoms with Crippen molar-refractivity contribution in [3.8, 4) is 34.5 Å². The fraction of sp³-hybridized carbons (Fsp3) is 0.0690. The van der Waals surface area contributed by atoms with E-state index in [0.29, 0.717) is 5.56 Å². The first-order valence-electron chi connectivity index (χ1n) is 10.9. The van der Waals surface area contributed by atoms with Crippen LogP contribution in [0.3, 0.4) is 0 Å². The Bertz CT molecular complexity index is 1320. The maximum absolute atomic E-state index is 12.0. The zero-order valence-corrected chi connectivity index (χ0v) is 19.5. The van der Waals surface area contributed by atoms with Gasteiger partial charge in [0.25, 0.3) is 0 Å². The highest BCUT2D eigenvalue weighted by molar-refractivity contribution is 6.00. The molecule has 0 aromatic heterocycles. The van der Waals surface area contributed by atoms with E-state index in [1.54, 1.807) is 73.8 Å². The van der Waals surface area contributed by atoms with E-state index in [4.69, 9.17) is 9.84 Å². The molecule has 0 amide bonds. The lowest BCUT2D eigenvalue weighted by atomic mass is 10.0. The van der Waals surface area contributed by atoms with Crippen molar-refractivity contribution in [3.05, 3.63) is 107 Å². The average molecular weight is 487 g/mol. The standard InChI is InChI=1S/C15H14O4.C14H12O3/c1-19-12-5-2-10(3-6-12)8-14(17)13-7-4-11(16)9-15(13)18;15-12-5-3-10(4-6-12)1-2-11-7-13(16)9-14(17)8-11/h2-7,9,16,18H,8H2,1H3;1-9,15-17H. The van der Waals surface area contributed by atoms with E-state index in [1.165, 1.54) is 18.2 Å². The number of carbonyl (C=O) groups is 1. The van der Waals surface area contributed by atoms with Gasteiger partial charge in [0.1, 0.15) is 34.5 Å². The van der Waals surface area contributed by atoms with E-state index in [-0.39, 0.29) is 46.5 Å². The first-order chi connectivity index (χ1) is 17.2. The molecular weight excluding hydrogens is 460 g/mol. The van der Waals surface area contributed by atoms with Crippen LogP contribution in [-0.2, 0) is 6.42 Å². The Morgan fingerprint density at radius 2 is 1.25 bits per heavy atom. The van der Waals surface area contributed by atoms with Gasteiger partial charge in [-0.1, -0.05) is 36.4 Å². The monoisotopic (exact) mass is 486 g/mol. The normalized spacial score (nSPS) is 10.5. The number of ketones is 1. The number of phenols is 5. The molecule has 5 N–H and O–H groups in total. The third-order valence-corrected chi connectivity index (χ3v) is 5.09. The van der Waals surface area contributed by atoms with Crippen LogP contribution in [0, 0.1) is 0 Å². The molecule has 0 aliphatic rings. The predicted octanol–water partition coefficient (Wildman–Crippen LogP) is 5.51. The first kappa shape index (κ1) is 25.7. The number of hydrogen-bond acceptors (Lipinski definition) is 7. The first-order valence-corrected chi connectivity index (χ1v) is 10.9. The van der Waals surface area contributed by atoms with Gasteiger partial charge in [0.05, 0.1) is 12.7 Å². The fourth-order valence-electron chi connectivity index (χ4n) is 3.27. The average Bonchev–Trinajstić information content (AvgIpc) is 2.84. The van der Waals surface area contributed by atoms with Gasteiger partial charge < -0.3 is 30.3 Å². The summed E-state index contributed by atoms with van der Waals surface area (Å²) >= 11 is 0. The highest BCUT2D eigenvalue weighted by Gasteiger charge is 2.12. The number of ether oxygens (including phenoxy) is 1. The second-order valence-electron chi connectivity index (χ2n) is 7.86. The molecular formula is C29H26O7. The Morgan fingerprint density at radius 3 is 1.83 bits per heavy atom. The van der Waals surface area contributed by atoms with Crippen molar-refractivity contribution in [2.75, 3.05) is 7.11 Å². The summed E-state index contributed by atoms with van der Waals surface area (Å²) in [7, 11) is 1.58. The number of benzene rings is 4. The predicted molar refractivity (Wildman–Crippen MR) is 138 cm³/mol. The van der Waals surface area contributed by atoms with E-state index in [0.717, 1.165) is 22.9 Å². The molecule has 184 valence electrons. The second-order valence-corrected chi connectivity index (χ2v) is 7.86. The van der Waals surface area contributed by atoms with Crippen LogP contribution in [0.25, 0.3) is 12.2 Å². The quantitative estimate of drug-likeness (QED) is 0.180. The lowest BCUT2D eigenvalue weighted by molar-refractivity contribution is 0.0990. The molecule has 4 aromatic rings. The molecule has 0 aliphatic carbocycles. The highest BCUT2D eigenvalue weighted by atomic mass is 16.5. The number of carbonyl (C=O) groups excluding carboxylic acids is 1. The Kier molecular flexibility index (Phi) is 8.56. The summed E-state index contributed by atoms with van der Waals surface area (Å²) in [6.45, 7) is 0. The second kappa shape index (κ2) is 12.0. The maximum atomic E-state index is 12.0. The van der Waals surface area contributed by atoms with Gasteiger partial charge >= 0.3 is 0 Å². The summed E-state index contributed by atoms with van der Waals surface area (Å²) in [4.78, 5) is 12.0. The van der Waals surface area contributed by atoms with E-state index in [9.17, 15) is 25.2 Å². The third kappa shape index (κ3) is 7.56. The van der Waals surface area contributed by atoms with Gasteiger partial charge in [-0.2, -0.15) is 0 Å². The number of rotatable bonds is 6. The minimum Gasteiger partial charge on any atom is -0.508 e. The van der Waals surface area contributed by atoms with Crippen molar-refractivity contribution >= 4 is 17.9 Å². The van der Waals surface area contributed by atoms with Gasteiger partial charge in [0.15, 0.2) is 5.78 Å². The zero-order chi connectivity index (χ0) is 26.1. The molecule has 0 saturated heterocycles. The van der Waals surface area contributed by atoms with Gasteiger partial charge in [0, 0.05) is 18.6 Å². The lowest BCUT2D eigenvalue weighted by Gasteiger charge is -2.05. The SMILES string of the molecule is COc1ccc(CC(=O)c2ccc(O)cc2O)cc1.Oc1ccc(C=Cc2cc(O)cc(O)c2)cc1. The Morgan fingerprint density at radius 1 is 0.667 bits per heavy atom. The van der Waals surface area contributed by atoms with Crippen LogP contribution in [-0.4, -0.2) is 38.4 Å². The minimum atomic E-state index is -0.210. The summed E-state index contributed by atoms with van der Waals surface area (Å²) < 4.78 is 5.04. The molecule has 0 fully saturated rings. The Hall–Kier alpha value is -4.91. The van der Waals surface area contributed by atoms with E-state index in [1.807, 2.05) is 6.08 Å². The zero-order valence-electron chi connectivity index (χ0n) is 19.5. The van der Waals surface area contributed by atoms with Gasteiger partial charge in [-0.05, 0) is 65.2 Å². The van der Waals surface area contributed by atoms with E-state index < -0.39 is 0 Å². The highest BCUT2D eigenvalue weighted by Crippen LogP contribution is 2.24. The number of hydrogen-bond donors (Lipinski definition) is 5. The summed E-state index contributed by atoms with van der Waals surface area (Å²) in [6, 6.07) is 22.2. The van der Waals surface area contributed by atoms with Crippen molar-refractivity contribution < 1.29 is 35.1 Å². The van der Waals surface area contributed by atoms with Crippen molar-refractivity contribution in [1.82, 2.24) is 0 Å². The van der Waals surface area contributed by atoms with Crippen LogP contribution >= 0.6 is 0 Å². The molecule has 0 heterocycles. The summed E-state index contributed by atoms with van der Waals surface area (Å²) in [5.41, 5.74) is 2.66. The van der Waals surface area contributed by atoms with Crippen LogP contribution in [0.15, 0.2) is 84.9 Å². The summed E-state index contributed by atoms with van der Waals surface area (Å²) in [5, 5.41) is 46.5. The number of methoxy groups -OCH3 is 1. The van der Waals surface area contributed by atoms with Gasteiger partial charge in [-0.25, -0.2) is 0 Å². The molecule has 0 saturated carbocycles. The largest absolute Gasteiger partial charge is 0.508 e. The van der Waals surface area contributed by atoms with Crippen LogP contribution in [0.2, 0.25) is 0 Å². The Labute approximate surface area is 208 Å². The molecule has 0 bridgehead atoms.